The Hall–Kier alpha value is -3.21. The third-order valence-electron chi connectivity index (χ3n) is 4.43. The van der Waals surface area contributed by atoms with E-state index in [9.17, 15) is 4.79 Å². The molecule has 3 rings (SSSR count). The minimum Gasteiger partial charge on any atom is -0.340 e. The maximum absolute atomic E-state index is 12.9. The van der Waals surface area contributed by atoms with E-state index in [4.69, 9.17) is 0 Å². The van der Waals surface area contributed by atoms with E-state index in [1.54, 1.807) is 11.0 Å². The van der Waals surface area contributed by atoms with Gasteiger partial charge in [-0.3, -0.25) is 4.79 Å². The van der Waals surface area contributed by atoms with Crippen molar-refractivity contribution in [3.8, 4) is 0 Å². The summed E-state index contributed by atoms with van der Waals surface area (Å²) in [5.74, 6) is 0.514. The number of hydrogen-bond donors (Lipinski definition) is 1. The predicted octanol–water partition coefficient (Wildman–Crippen LogP) is 4.44. The number of anilines is 2. The molecule has 0 saturated heterocycles. The van der Waals surface area contributed by atoms with E-state index in [-0.39, 0.29) is 5.91 Å². The van der Waals surface area contributed by atoms with E-state index in [1.807, 2.05) is 55.5 Å². The van der Waals surface area contributed by atoms with Crippen molar-refractivity contribution in [3.05, 3.63) is 83.8 Å². The Balaban J connectivity index is 1.78. The molecule has 1 heterocycles. The fourth-order valence-corrected chi connectivity index (χ4v) is 2.92. The van der Waals surface area contributed by atoms with Crippen LogP contribution in [0.25, 0.3) is 0 Å². The molecule has 0 aliphatic heterocycles. The van der Waals surface area contributed by atoms with Crippen LogP contribution in [0.3, 0.4) is 0 Å². The molecule has 0 saturated carbocycles. The van der Waals surface area contributed by atoms with Gasteiger partial charge in [-0.1, -0.05) is 55.5 Å². The van der Waals surface area contributed by atoms with Crippen LogP contribution in [0.5, 0.6) is 0 Å². The molecule has 0 unspecified atom stereocenters. The Morgan fingerprint density at radius 3 is 2.48 bits per heavy atom. The van der Waals surface area contributed by atoms with Gasteiger partial charge in [-0.05, 0) is 30.5 Å². The van der Waals surface area contributed by atoms with E-state index in [1.165, 1.54) is 11.9 Å². The number of nitrogens with one attached hydrogen (secondary N) is 1. The highest BCUT2D eigenvalue weighted by Gasteiger charge is 2.17. The molecule has 1 amide bonds. The summed E-state index contributed by atoms with van der Waals surface area (Å²) in [7, 11) is 0. The minimum atomic E-state index is -0.101. The quantitative estimate of drug-likeness (QED) is 0.676. The summed E-state index contributed by atoms with van der Waals surface area (Å²) in [4.78, 5) is 23.2. The topological polar surface area (TPSA) is 58.1 Å². The molecular weight excluding hydrogens is 336 g/mol. The van der Waals surface area contributed by atoms with Crippen LogP contribution in [0.15, 0.2) is 67.0 Å². The molecule has 1 aromatic heterocycles. The highest BCUT2D eigenvalue weighted by Crippen LogP contribution is 2.20. The van der Waals surface area contributed by atoms with Gasteiger partial charge in [-0.25, -0.2) is 9.97 Å². The van der Waals surface area contributed by atoms with E-state index in [2.05, 4.69) is 28.3 Å². The standard InChI is InChI=1S/C22H24N4O/c1-3-18-12-8-9-13-19(18)25-21-14-20(23-16-24-21)22(27)26(4-2)15-17-10-6-5-7-11-17/h5-14,16H,3-4,15H2,1-2H3,(H,23,24,25). The average molecular weight is 360 g/mol. The Morgan fingerprint density at radius 1 is 1.00 bits per heavy atom. The third-order valence-corrected chi connectivity index (χ3v) is 4.43. The van der Waals surface area contributed by atoms with E-state index < -0.39 is 0 Å². The Labute approximate surface area is 160 Å². The summed E-state index contributed by atoms with van der Waals surface area (Å²) >= 11 is 0. The minimum absolute atomic E-state index is 0.101. The van der Waals surface area contributed by atoms with Crippen molar-refractivity contribution in [2.24, 2.45) is 0 Å². The first-order chi connectivity index (χ1) is 13.2. The van der Waals surface area contributed by atoms with Crippen molar-refractivity contribution < 1.29 is 4.79 Å². The van der Waals surface area contributed by atoms with Crippen molar-refractivity contribution in [3.63, 3.8) is 0 Å². The Morgan fingerprint density at radius 2 is 1.74 bits per heavy atom. The lowest BCUT2D eigenvalue weighted by atomic mass is 10.1. The predicted molar refractivity (Wildman–Crippen MR) is 108 cm³/mol. The number of aryl methyl sites for hydroxylation is 1. The number of para-hydroxylation sites is 1. The smallest absolute Gasteiger partial charge is 0.272 e. The van der Waals surface area contributed by atoms with Gasteiger partial charge in [0.2, 0.25) is 0 Å². The molecule has 0 atom stereocenters. The molecule has 0 bridgehead atoms. The third kappa shape index (κ3) is 4.70. The summed E-state index contributed by atoms with van der Waals surface area (Å²) in [6, 6.07) is 19.8. The lowest BCUT2D eigenvalue weighted by Crippen LogP contribution is -2.31. The van der Waals surface area contributed by atoms with Crippen LogP contribution in [0.4, 0.5) is 11.5 Å². The van der Waals surface area contributed by atoms with Crippen molar-refractivity contribution in [1.29, 1.82) is 0 Å². The SMILES string of the molecule is CCc1ccccc1Nc1cc(C(=O)N(CC)Cc2ccccc2)ncn1. The van der Waals surface area contributed by atoms with Gasteiger partial charge in [0.25, 0.3) is 5.91 Å². The van der Waals surface area contributed by atoms with Crippen molar-refractivity contribution in [2.75, 3.05) is 11.9 Å². The first-order valence-corrected chi connectivity index (χ1v) is 9.21. The normalized spacial score (nSPS) is 10.4. The number of rotatable bonds is 7. The number of aromatic nitrogens is 2. The Kier molecular flexibility index (Phi) is 6.15. The zero-order valence-electron chi connectivity index (χ0n) is 15.7. The van der Waals surface area contributed by atoms with Gasteiger partial charge in [0, 0.05) is 24.8 Å². The molecule has 3 aromatic rings. The zero-order valence-corrected chi connectivity index (χ0v) is 15.7. The second-order valence-electron chi connectivity index (χ2n) is 6.23. The number of carbonyl (C=O) groups excluding carboxylic acids is 1. The Bertz CT molecular complexity index is 896. The largest absolute Gasteiger partial charge is 0.340 e. The highest BCUT2D eigenvalue weighted by atomic mass is 16.2. The van der Waals surface area contributed by atoms with Gasteiger partial charge in [0.15, 0.2) is 0 Å². The van der Waals surface area contributed by atoms with Crippen LogP contribution >= 0.6 is 0 Å². The van der Waals surface area contributed by atoms with Crippen LogP contribution in [-0.2, 0) is 13.0 Å². The van der Waals surface area contributed by atoms with Crippen LogP contribution < -0.4 is 5.32 Å². The van der Waals surface area contributed by atoms with Gasteiger partial charge in [0.05, 0.1) is 0 Å². The second kappa shape index (κ2) is 8.94. The monoisotopic (exact) mass is 360 g/mol. The fourth-order valence-electron chi connectivity index (χ4n) is 2.92. The molecule has 138 valence electrons. The summed E-state index contributed by atoms with van der Waals surface area (Å²) in [5.41, 5.74) is 3.67. The highest BCUT2D eigenvalue weighted by molar-refractivity contribution is 5.93. The van der Waals surface area contributed by atoms with Crippen LogP contribution in [0.1, 0.15) is 35.5 Å². The maximum Gasteiger partial charge on any atom is 0.272 e. The van der Waals surface area contributed by atoms with Gasteiger partial charge in [-0.2, -0.15) is 0 Å². The van der Waals surface area contributed by atoms with E-state index in [0.717, 1.165) is 17.7 Å². The number of amides is 1. The van der Waals surface area contributed by atoms with Crippen LogP contribution in [0, 0.1) is 0 Å². The van der Waals surface area contributed by atoms with Crippen molar-refractivity contribution in [2.45, 2.75) is 26.8 Å². The summed E-state index contributed by atoms with van der Waals surface area (Å²) in [6.45, 7) is 5.25. The molecule has 1 N–H and O–H groups in total. The summed E-state index contributed by atoms with van der Waals surface area (Å²) in [6.07, 6.45) is 2.35. The van der Waals surface area contributed by atoms with Gasteiger partial charge in [-0.15, -0.1) is 0 Å². The molecule has 0 radical (unpaired) electrons. The first kappa shape index (κ1) is 18.6. The molecule has 0 spiro atoms. The zero-order chi connectivity index (χ0) is 19.1. The summed E-state index contributed by atoms with van der Waals surface area (Å²) in [5, 5.41) is 3.30. The fraction of sp³-hybridized carbons (Fsp3) is 0.227. The molecule has 2 aromatic carbocycles. The first-order valence-electron chi connectivity index (χ1n) is 9.21. The number of carbonyl (C=O) groups is 1. The molecule has 27 heavy (non-hydrogen) atoms. The van der Waals surface area contributed by atoms with E-state index >= 15 is 0 Å². The van der Waals surface area contributed by atoms with Crippen LogP contribution in [-0.4, -0.2) is 27.3 Å². The molecule has 0 aliphatic rings. The molecule has 5 nitrogen and oxygen atoms in total. The number of benzene rings is 2. The second-order valence-corrected chi connectivity index (χ2v) is 6.23. The van der Waals surface area contributed by atoms with Gasteiger partial charge < -0.3 is 10.2 Å². The van der Waals surface area contributed by atoms with Crippen molar-refractivity contribution >= 4 is 17.4 Å². The molecule has 0 fully saturated rings. The van der Waals surface area contributed by atoms with Crippen molar-refractivity contribution in [1.82, 2.24) is 14.9 Å². The number of hydrogen-bond acceptors (Lipinski definition) is 4. The number of nitrogens with zero attached hydrogens (tertiary/aromatic N) is 3. The maximum atomic E-state index is 12.9. The van der Waals surface area contributed by atoms with Crippen LogP contribution in [0.2, 0.25) is 0 Å². The van der Waals surface area contributed by atoms with E-state index in [0.29, 0.717) is 24.6 Å². The molecular formula is C22H24N4O. The average Bonchev–Trinajstić information content (AvgIpc) is 2.73. The van der Waals surface area contributed by atoms with Gasteiger partial charge >= 0.3 is 0 Å². The van der Waals surface area contributed by atoms with Gasteiger partial charge in [0.1, 0.15) is 17.8 Å². The molecule has 0 aliphatic carbocycles. The lowest BCUT2D eigenvalue weighted by Gasteiger charge is -2.20. The summed E-state index contributed by atoms with van der Waals surface area (Å²) < 4.78 is 0. The lowest BCUT2D eigenvalue weighted by molar-refractivity contribution is 0.0746. The molecule has 5 heteroatoms.